The summed E-state index contributed by atoms with van der Waals surface area (Å²) >= 11 is 8.99. The average molecular weight is 795 g/mol. The van der Waals surface area contributed by atoms with Gasteiger partial charge in [0.1, 0.15) is 0 Å². The van der Waals surface area contributed by atoms with E-state index in [1.54, 1.807) is 83.6 Å². The summed E-state index contributed by atoms with van der Waals surface area (Å²) in [5.41, 5.74) is 21.5. The third-order valence-electron chi connectivity index (χ3n) is 14.2. The molecule has 0 saturated heterocycles. The number of rotatable bonds is 2. The van der Waals surface area contributed by atoms with Gasteiger partial charge in [-0.15, -0.1) is 46.2 Å². The van der Waals surface area contributed by atoms with Crippen molar-refractivity contribution >= 4 is 67.2 Å². The van der Waals surface area contributed by atoms with Gasteiger partial charge < -0.3 is 0 Å². The number of thiophene rings is 2. The van der Waals surface area contributed by atoms with Gasteiger partial charge in [0.15, 0.2) is 0 Å². The molecule has 2 aromatic rings. The largest absolute Gasteiger partial charge is 0.134 e. The van der Waals surface area contributed by atoms with E-state index in [1.165, 1.54) is 128 Å². The molecular weight excluding hydrogens is 729 g/mol. The first-order chi connectivity index (χ1) is 25.9. The molecule has 4 heteroatoms. The molecule has 7 aliphatic rings. The van der Waals surface area contributed by atoms with Gasteiger partial charge in [-0.25, -0.2) is 0 Å². The lowest BCUT2D eigenvalue weighted by Gasteiger charge is -2.29. The number of fused-ring (bicyclic) bond motifs is 2. The van der Waals surface area contributed by atoms with Gasteiger partial charge in [-0.1, -0.05) is 52.7 Å². The number of thioether (sulfide) groups is 2. The van der Waals surface area contributed by atoms with E-state index in [0.29, 0.717) is 21.3 Å². The first-order valence-electron chi connectivity index (χ1n) is 22.1. The topological polar surface area (TPSA) is 0 Å². The van der Waals surface area contributed by atoms with Crippen LogP contribution < -0.4 is 18.1 Å². The van der Waals surface area contributed by atoms with E-state index in [1.807, 2.05) is 11.1 Å². The monoisotopic (exact) mass is 794 g/mol. The van der Waals surface area contributed by atoms with Gasteiger partial charge in [0.2, 0.25) is 0 Å². The van der Waals surface area contributed by atoms with Crippen LogP contribution in [0.2, 0.25) is 0 Å². The zero-order chi connectivity index (χ0) is 37.5. The highest BCUT2D eigenvalue weighted by atomic mass is 32.2. The number of hydrogen-bond acceptors (Lipinski definition) is 4. The quantitative estimate of drug-likeness (QED) is 0.297. The maximum Gasteiger partial charge on any atom is 0.0450 e. The third-order valence-corrected chi connectivity index (χ3v) is 21.1. The Hall–Kier alpha value is -1.20. The molecule has 5 aliphatic carbocycles. The normalized spacial score (nSPS) is 28.3. The van der Waals surface area contributed by atoms with Gasteiger partial charge >= 0.3 is 0 Å². The fraction of sp³-hybridized carbons (Fsp3) is 0.640. The molecule has 0 fully saturated rings. The molecule has 2 unspecified atom stereocenters. The Morgan fingerprint density at radius 1 is 0.426 bits per heavy atom. The van der Waals surface area contributed by atoms with Crippen molar-refractivity contribution in [3.8, 4) is 0 Å². The zero-order valence-electron chi connectivity index (χ0n) is 34.9. The fourth-order valence-corrected chi connectivity index (χ4v) is 18.0. The summed E-state index contributed by atoms with van der Waals surface area (Å²) in [4.78, 5) is 3.41. The zero-order valence-corrected chi connectivity index (χ0v) is 38.2. The first kappa shape index (κ1) is 38.3. The maximum atomic E-state index is 2.55. The first-order valence-corrected chi connectivity index (χ1v) is 25.5. The van der Waals surface area contributed by atoms with Crippen LogP contribution in [-0.4, -0.2) is 10.5 Å². The fourth-order valence-electron chi connectivity index (χ4n) is 11.5. The van der Waals surface area contributed by atoms with Gasteiger partial charge in [0.05, 0.1) is 0 Å². The Labute approximate surface area is 343 Å². The summed E-state index contributed by atoms with van der Waals surface area (Å²) < 4.78 is 6.72. The van der Waals surface area contributed by atoms with E-state index < -0.39 is 0 Å². The summed E-state index contributed by atoms with van der Waals surface area (Å²) in [5, 5.41) is 1.29. The summed E-state index contributed by atoms with van der Waals surface area (Å²) in [6, 6.07) is 0. The van der Waals surface area contributed by atoms with E-state index in [4.69, 9.17) is 0 Å². The van der Waals surface area contributed by atoms with Crippen LogP contribution in [0, 0.1) is 10.8 Å². The van der Waals surface area contributed by atoms with Crippen LogP contribution in [0.1, 0.15) is 180 Å². The van der Waals surface area contributed by atoms with E-state index in [9.17, 15) is 0 Å². The van der Waals surface area contributed by atoms with Crippen LogP contribution in [0.3, 0.4) is 0 Å². The van der Waals surface area contributed by atoms with E-state index in [-0.39, 0.29) is 0 Å². The molecule has 4 heterocycles. The molecule has 9 rings (SSSR count). The number of allylic oxidation sites excluding steroid dienone is 2. The van der Waals surface area contributed by atoms with E-state index >= 15 is 0 Å². The van der Waals surface area contributed by atoms with Crippen molar-refractivity contribution in [3.05, 3.63) is 73.8 Å². The minimum absolute atomic E-state index is 0.307. The second kappa shape index (κ2) is 14.9. The Bertz CT molecular complexity index is 2070. The highest BCUT2D eigenvalue weighted by Crippen LogP contribution is 2.56. The van der Waals surface area contributed by atoms with Crippen LogP contribution in [0.5, 0.6) is 0 Å². The minimum Gasteiger partial charge on any atom is -0.134 e. The molecule has 0 N–H and O–H groups in total. The van der Waals surface area contributed by atoms with Crippen LogP contribution in [0.15, 0.2) is 33.4 Å². The molecular formula is C50H66S4. The van der Waals surface area contributed by atoms with E-state index in [0.717, 1.165) is 0 Å². The smallest absolute Gasteiger partial charge is 0.0450 e. The Kier molecular flexibility index (Phi) is 10.6. The van der Waals surface area contributed by atoms with Crippen molar-refractivity contribution in [2.45, 2.75) is 194 Å². The SMILES string of the molecule is C/C(C1=C(/C(C)=c2\s/c(=C3/SC(C(C)(C)C)C4=C3CCCC4)c3c2CCCC3)CCCC1)=c1/s/c(=C2/SC(C(C)(C)C)C3=C2CCCC3)c2c1CCCC2. The molecule has 0 nitrogen and oxygen atoms in total. The third kappa shape index (κ3) is 6.63. The van der Waals surface area contributed by atoms with Gasteiger partial charge in [-0.2, -0.15) is 0 Å². The van der Waals surface area contributed by atoms with Crippen molar-refractivity contribution in [2.75, 3.05) is 0 Å². The predicted octanol–water partition coefficient (Wildman–Crippen LogP) is 12.8. The molecule has 0 aromatic carbocycles. The highest BCUT2D eigenvalue weighted by molar-refractivity contribution is 8.09. The maximum absolute atomic E-state index is 2.55. The summed E-state index contributed by atoms with van der Waals surface area (Å²) in [6.07, 6.45) is 26.5. The van der Waals surface area contributed by atoms with Crippen LogP contribution >= 0.6 is 46.2 Å². The van der Waals surface area contributed by atoms with Crippen molar-refractivity contribution < 1.29 is 0 Å². The number of hydrogen-bond donors (Lipinski definition) is 0. The van der Waals surface area contributed by atoms with E-state index in [2.05, 4.69) is 102 Å². The van der Waals surface area contributed by atoms with Gasteiger partial charge in [0.25, 0.3) is 0 Å². The molecule has 2 atom stereocenters. The molecule has 290 valence electrons. The second-order valence-corrected chi connectivity index (χ2v) is 24.3. The van der Waals surface area contributed by atoms with Crippen molar-refractivity contribution in [3.63, 3.8) is 0 Å². The molecule has 2 aliphatic heterocycles. The predicted molar refractivity (Wildman–Crippen MR) is 244 cm³/mol. The molecule has 0 saturated carbocycles. The standard InChI is InChI=1S/C50H66S4/c1-29(41-33-21-11-13-23-35(33)43(51-41)45-37-25-15-17-27-39(37)47(53-45)49(3,4)5)31-19-9-10-20-32(31)30(2)42-34-22-12-14-24-36(34)44(52-42)46-38-26-16-18-28-40(38)48(54-46)50(6,7)8/h47-48H,9-28H2,1-8H3/b41-29-,42-30-,45-43+,46-44+. The van der Waals surface area contributed by atoms with Gasteiger partial charge in [-0.3, -0.25) is 0 Å². The lowest BCUT2D eigenvalue weighted by atomic mass is 9.80. The second-order valence-electron chi connectivity index (χ2n) is 20.1. The molecule has 0 amide bonds. The van der Waals surface area contributed by atoms with Crippen molar-refractivity contribution in [1.29, 1.82) is 0 Å². The van der Waals surface area contributed by atoms with Gasteiger partial charge in [0, 0.05) is 38.4 Å². The van der Waals surface area contributed by atoms with Crippen molar-refractivity contribution in [2.24, 2.45) is 10.8 Å². The lowest BCUT2D eigenvalue weighted by molar-refractivity contribution is 0.412. The highest BCUT2D eigenvalue weighted by Gasteiger charge is 2.41. The molecule has 0 spiro atoms. The summed E-state index contributed by atoms with van der Waals surface area (Å²) in [7, 11) is 0. The summed E-state index contributed by atoms with van der Waals surface area (Å²) in [5.74, 6) is 0. The molecule has 54 heavy (non-hydrogen) atoms. The Balaban J connectivity index is 1.24. The Morgan fingerprint density at radius 3 is 1.15 bits per heavy atom. The minimum atomic E-state index is 0.307. The van der Waals surface area contributed by atoms with Crippen LogP contribution in [0.25, 0.3) is 21.0 Å². The average Bonchev–Trinajstić information content (AvgIpc) is 3.94. The Morgan fingerprint density at radius 2 is 0.759 bits per heavy atom. The molecule has 0 radical (unpaired) electrons. The lowest BCUT2D eigenvalue weighted by Crippen LogP contribution is -2.24. The molecule has 0 bridgehead atoms. The van der Waals surface area contributed by atoms with Gasteiger partial charge in [-0.05, 0) is 209 Å². The van der Waals surface area contributed by atoms with Crippen LogP contribution in [-0.2, 0) is 25.7 Å². The van der Waals surface area contributed by atoms with Crippen LogP contribution in [0.4, 0.5) is 0 Å². The van der Waals surface area contributed by atoms with Crippen molar-refractivity contribution in [1.82, 2.24) is 0 Å². The molecule has 2 aromatic heterocycles. The summed E-state index contributed by atoms with van der Waals surface area (Å²) in [6.45, 7) is 20.0.